The molecule has 0 spiro atoms. The predicted molar refractivity (Wildman–Crippen MR) is 109 cm³/mol. The molecule has 0 radical (unpaired) electrons. The maximum atomic E-state index is 12.0. The van der Waals surface area contributed by atoms with Crippen LogP contribution in [0.15, 0.2) is 41.0 Å². The van der Waals surface area contributed by atoms with Crippen molar-refractivity contribution in [2.45, 2.75) is 38.1 Å². The van der Waals surface area contributed by atoms with Crippen LogP contribution in [0.25, 0.3) is 10.4 Å². The number of aliphatic carboxylic acids is 1. The number of nitrogens with one attached hydrogen (secondary N) is 1. The molecule has 2 atom stereocenters. The summed E-state index contributed by atoms with van der Waals surface area (Å²) in [6.45, 7) is 0.454. The summed E-state index contributed by atoms with van der Waals surface area (Å²) in [5, 5.41) is 15.0. The number of hydrogen-bond acceptors (Lipinski definition) is 6. The van der Waals surface area contributed by atoms with Crippen molar-refractivity contribution in [1.29, 1.82) is 0 Å². The minimum Gasteiger partial charge on any atom is -0.778 e. The van der Waals surface area contributed by atoms with E-state index >= 15 is 0 Å². The first kappa shape index (κ1) is 29.3. The molecule has 31 heavy (non-hydrogen) atoms. The van der Waals surface area contributed by atoms with Gasteiger partial charge in [-0.3, -0.25) is 9.59 Å². The number of azide groups is 1. The quantitative estimate of drug-likeness (QED) is 0.0559. The number of unbranched alkanes of at least 4 members (excludes halogenated alkanes) is 3. The summed E-state index contributed by atoms with van der Waals surface area (Å²) in [5.41, 5.74) is 14.9. The van der Waals surface area contributed by atoms with Crippen LogP contribution in [0, 0.1) is 0 Å². The van der Waals surface area contributed by atoms with Gasteiger partial charge in [0.15, 0.2) is 0 Å². The summed E-state index contributed by atoms with van der Waals surface area (Å²) >= 11 is 0. The molecule has 1 aromatic rings. The van der Waals surface area contributed by atoms with E-state index in [9.17, 15) is 19.0 Å². The number of hydrogen-bond donors (Lipinski definition) is 4. The van der Waals surface area contributed by atoms with Gasteiger partial charge in [-0.05, 0) is 36.9 Å². The molecule has 164 valence electrons. The van der Waals surface area contributed by atoms with Crippen molar-refractivity contribution in [3.8, 4) is 0 Å². The van der Waals surface area contributed by atoms with Crippen LogP contribution in [0.2, 0.25) is 0 Å². The fourth-order valence-electron chi connectivity index (χ4n) is 2.66. The number of allylic oxidation sites excluding steroid dienone is 1. The molecule has 0 aliphatic heterocycles. The molecule has 0 saturated carbocycles. The van der Waals surface area contributed by atoms with Gasteiger partial charge in [0.05, 0.1) is 0 Å². The zero-order valence-electron chi connectivity index (χ0n) is 17.3. The molecule has 0 saturated heterocycles. The molecular formula is C18H25N5NaO6P. The van der Waals surface area contributed by atoms with E-state index in [1.165, 1.54) is 0 Å². The van der Waals surface area contributed by atoms with Crippen molar-refractivity contribution >= 4 is 25.2 Å². The van der Waals surface area contributed by atoms with Crippen molar-refractivity contribution in [3.05, 3.63) is 51.9 Å². The van der Waals surface area contributed by atoms with E-state index in [0.29, 0.717) is 37.1 Å². The minimum atomic E-state index is -4.56. The second kappa shape index (κ2) is 15.2. The van der Waals surface area contributed by atoms with Crippen molar-refractivity contribution in [1.82, 2.24) is 5.32 Å². The molecular weight excluding hydrogens is 436 g/mol. The summed E-state index contributed by atoms with van der Waals surface area (Å²) in [6, 6.07) is 4.88. The normalized spacial score (nSPS) is 13.8. The minimum absolute atomic E-state index is 0. The number of nitrogens with two attached hydrogens (primary N) is 1. The van der Waals surface area contributed by atoms with Crippen LogP contribution in [-0.2, 0) is 9.36 Å². The second-order valence-corrected chi connectivity index (χ2v) is 8.23. The van der Waals surface area contributed by atoms with Crippen molar-refractivity contribution in [3.63, 3.8) is 0 Å². The fraction of sp³-hybridized carbons (Fsp3) is 0.444. The van der Waals surface area contributed by atoms with Crippen LogP contribution in [0.4, 0.5) is 5.69 Å². The molecule has 0 aromatic heterocycles. The average Bonchev–Trinajstić information content (AvgIpc) is 2.66. The third kappa shape index (κ3) is 13.4. The predicted octanol–water partition coefficient (Wildman–Crippen LogP) is -0.803. The second-order valence-electron chi connectivity index (χ2n) is 6.64. The Labute approximate surface area is 202 Å². The van der Waals surface area contributed by atoms with Gasteiger partial charge in [0.25, 0.3) is 5.91 Å². The maximum absolute atomic E-state index is 12.0. The first-order valence-corrected chi connectivity index (χ1v) is 11.0. The van der Waals surface area contributed by atoms with Crippen molar-refractivity contribution < 1.29 is 58.6 Å². The van der Waals surface area contributed by atoms with Crippen LogP contribution in [-0.4, -0.2) is 40.6 Å². The Kier molecular flexibility index (Phi) is 14.4. The molecule has 2 unspecified atom stereocenters. The SMILES string of the molecule is [N-]=[N+]=Nc1ccc(C(=O)NCCCCCC/C(=C\C(N)C(=O)O)CP(=O)([O-])O)cc1.[Na+]. The number of rotatable bonds is 13. The Bertz CT molecular complexity index is 852. The van der Waals surface area contributed by atoms with Gasteiger partial charge < -0.3 is 30.5 Å². The van der Waals surface area contributed by atoms with Crippen LogP contribution in [0.1, 0.15) is 42.5 Å². The van der Waals surface area contributed by atoms with Crippen LogP contribution < -0.4 is 45.5 Å². The number of benzene rings is 1. The molecule has 0 heterocycles. The number of carbonyl (C=O) groups excluding carboxylic acids is 1. The van der Waals surface area contributed by atoms with Gasteiger partial charge in [-0.25, -0.2) is 0 Å². The average molecular weight is 461 g/mol. The number of carbonyl (C=O) groups is 2. The van der Waals surface area contributed by atoms with Gasteiger partial charge in [0.1, 0.15) is 13.6 Å². The Hall–Kier alpha value is -1.68. The Balaban J connectivity index is 0.00000900. The summed E-state index contributed by atoms with van der Waals surface area (Å²) < 4.78 is 11.1. The molecule has 5 N–H and O–H groups in total. The van der Waals surface area contributed by atoms with E-state index in [1.54, 1.807) is 24.3 Å². The van der Waals surface area contributed by atoms with Gasteiger partial charge in [0, 0.05) is 28.9 Å². The Morgan fingerprint density at radius 3 is 2.42 bits per heavy atom. The van der Waals surface area contributed by atoms with Gasteiger partial charge in [0.2, 0.25) is 0 Å². The van der Waals surface area contributed by atoms with Gasteiger partial charge >= 0.3 is 35.5 Å². The summed E-state index contributed by atoms with van der Waals surface area (Å²) in [5.74, 6) is -1.53. The smallest absolute Gasteiger partial charge is 0.778 e. The molecule has 1 amide bonds. The molecule has 0 aliphatic carbocycles. The third-order valence-corrected chi connectivity index (χ3v) is 4.91. The largest absolute Gasteiger partial charge is 1.00 e. The van der Waals surface area contributed by atoms with Crippen LogP contribution >= 0.6 is 7.60 Å². The Morgan fingerprint density at radius 2 is 1.87 bits per heavy atom. The molecule has 0 aliphatic rings. The van der Waals surface area contributed by atoms with Gasteiger partial charge in [-0.15, -0.1) is 0 Å². The number of amides is 1. The first-order valence-electron chi connectivity index (χ1n) is 9.26. The van der Waals surface area contributed by atoms with E-state index in [0.717, 1.165) is 18.9 Å². The number of carboxylic acids is 1. The van der Waals surface area contributed by atoms with Gasteiger partial charge in [-0.2, -0.15) is 0 Å². The van der Waals surface area contributed by atoms with E-state index in [-0.39, 0.29) is 41.0 Å². The number of carboxylic acid groups (broad SMARTS) is 1. The number of nitrogens with zero attached hydrogens (tertiary/aromatic N) is 3. The monoisotopic (exact) mass is 461 g/mol. The van der Waals surface area contributed by atoms with Crippen LogP contribution in [0.3, 0.4) is 0 Å². The van der Waals surface area contributed by atoms with E-state index in [1.807, 2.05) is 0 Å². The summed E-state index contributed by atoms with van der Waals surface area (Å²) in [4.78, 5) is 45.6. The topological polar surface area (TPSA) is 202 Å². The van der Waals surface area contributed by atoms with Crippen LogP contribution in [0.5, 0.6) is 0 Å². The van der Waals surface area contributed by atoms with E-state index < -0.39 is 25.8 Å². The maximum Gasteiger partial charge on any atom is 1.00 e. The van der Waals surface area contributed by atoms with Crippen molar-refractivity contribution in [2.24, 2.45) is 10.8 Å². The molecule has 11 nitrogen and oxygen atoms in total. The van der Waals surface area contributed by atoms with Gasteiger partial charge in [-0.1, -0.05) is 41.7 Å². The summed E-state index contributed by atoms with van der Waals surface area (Å²) in [6.07, 6.45) is 3.62. The molecule has 1 rings (SSSR count). The van der Waals surface area contributed by atoms with E-state index in [2.05, 4.69) is 15.3 Å². The Morgan fingerprint density at radius 1 is 1.26 bits per heavy atom. The zero-order chi connectivity index (χ0) is 22.6. The molecule has 1 aromatic carbocycles. The molecule has 13 heteroatoms. The fourth-order valence-corrected chi connectivity index (χ4v) is 3.44. The van der Waals surface area contributed by atoms with Crippen molar-refractivity contribution in [2.75, 3.05) is 12.7 Å². The zero-order valence-corrected chi connectivity index (χ0v) is 20.2. The standard InChI is InChI=1S/C18H26N5O6P.Na/c19-16(18(25)26)11-13(12-30(27,28)29)5-3-1-2-4-10-21-17(24)14-6-8-15(9-7-14)22-23-20;/h6-9,11,16H,1-5,10,12,19H2,(H,21,24)(H,25,26)(H2,27,28,29);/q;+1/p-1/b13-11+;. The summed E-state index contributed by atoms with van der Waals surface area (Å²) in [7, 11) is -4.56. The van der Waals surface area contributed by atoms with E-state index in [4.69, 9.17) is 21.3 Å². The molecule has 0 bridgehead atoms. The first-order chi connectivity index (χ1) is 14.1. The third-order valence-electron chi connectivity index (χ3n) is 4.10. The molecule has 0 fully saturated rings.